The van der Waals surface area contributed by atoms with Gasteiger partial charge >= 0.3 is 5.69 Å². The number of benzene rings is 1. The van der Waals surface area contributed by atoms with Gasteiger partial charge in [-0.05, 0) is 30.5 Å². The summed E-state index contributed by atoms with van der Waals surface area (Å²) in [5.41, 5.74) is 1.00. The zero-order valence-electron chi connectivity index (χ0n) is 16.1. The molecular formula is C19H25ClN6O2. The smallest absolute Gasteiger partial charge is 0.353 e. The van der Waals surface area contributed by atoms with Gasteiger partial charge in [0.15, 0.2) is 0 Å². The summed E-state index contributed by atoms with van der Waals surface area (Å²) in [7, 11) is 0. The molecule has 0 unspecified atom stereocenters. The summed E-state index contributed by atoms with van der Waals surface area (Å²) in [5, 5.41) is 15.5. The van der Waals surface area contributed by atoms with E-state index in [1.54, 1.807) is 0 Å². The molecule has 1 fully saturated rings. The van der Waals surface area contributed by atoms with Gasteiger partial charge in [-0.1, -0.05) is 31.5 Å². The van der Waals surface area contributed by atoms with Crippen molar-refractivity contribution in [3.8, 4) is 0 Å². The van der Waals surface area contributed by atoms with Gasteiger partial charge in [-0.25, -0.2) is 9.97 Å². The molecule has 1 aromatic heterocycles. The Labute approximate surface area is 169 Å². The fraction of sp³-hybridized carbons (Fsp3) is 0.474. The second-order valence-corrected chi connectivity index (χ2v) is 7.65. The zero-order chi connectivity index (χ0) is 20.1. The van der Waals surface area contributed by atoms with Crippen molar-refractivity contribution in [3.63, 3.8) is 0 Å². The predicted octanol–water partition coefficient (Wildman–Crippen LogP) is 3.82. The molecule has 0 radical (unpaired) electrons. The Morgan fingerprint density at radius 2 is 1.93 bits per heavy atom. The summed E-state index contributed by atoms with van der Waals surface area (Å²) in [6.45, 7) is 7.60. The van der Waals surface area contributed by atoms with E-state index < -0.39 is 4.92 Å². The molecule has 150 valence electrons. The fourth-order valence-corrected chi connectivity index (χ4v) is 3.41. The lowest BCUT2D eigenvalue weighted by atomic mass is 10.1. The summed E-state index contributed by atoms with van der Waals surface area (Å²) >= 11 is 6.09. The third-order valence-electron chi connectivity index (χ3n) is 4.75. The number of rotatable bonds is 7. The number of nitrogens with zero attached hydrogens (tertiary/aromatic N) is 5. The molecule has 8 nitrogen and oxygen atoms in total. The van der Waals surface area contributed by atoms with Crippen LogP contribution in [0, 0.1) is 16.0 Å². The van der Waals surface area contributed by atoms with Gasteiger partial charge in [-0.2, -0.15) is 0 Å². The van der Waals surface area contributed by atoms with Crippen LogP contribution in [0.2, 0.25) is 5.02 Å². The van der Waals surface area contributed by atoms with E-state index in [9.17, 15) is 10.1 Å². The van der Waals surface area contributed by atoms with E-state index in [1.807, 2.05) is 29.2 Å². The highest BCUT2D eigenvalue weighted by Gasteiger charge is 2.29. The maximum atomic E-state index is 11.7. The SMILES string of the molecule is CC(C)CCNc1ncnc(N2CCN(c3cccc(Cl)c3)CC2)c1[N+](=O)[O-]. The second kappa shape index (κ2) is 9.05. The minimum Gasteiger partial charge on any atom is -0.368 e. The van der Waals surface area contributed by atoms with Crippen molar-refractivity contribution in [1.82, 2.24) is 9.97 Å². The van der Waals surface area contributed by atoms with Crippen LogP contribution in [0.1, 0.15) is 20.3 Å². The number of nitro groups is 1. The van der Waals surface area contributed by atoms with Gasteiger partial charge in [-0.3, -0.25) is 10.1 Å². The summed E-state index contributed by atoms with van der Waals surface area (Å²) in [5.74, 6) is 1.16. The Hall–Kier alpha value is -2.61. The van der Waals surface area contributed by atoms with Crippen LogP contribution in [0.15, 0.2) is 30.6 Å². The molecule has 1 aliphatic rings. The van der Waals surface area contributed by atoms with Crippen LogP contribution >= 0.6 is 11.6 Å². The van der Waals surface area contributed by atoms with Gasteiger partial charge in [0, 0.05) is 43.4 Å². The quantitative estimate of drug-likeness (QED) is 0.554. The Balaban J connectivity index is 1.74. The van der Waals surface area contributed by atoms with Crippen molar-refractivity contribution in [2.45, 2.75) is 20.3 Å². The number of hydrogen-bond donors (Lipinski definition) is 1. The first-order valence-electron chi connectivity index (χ1n) is 9.44. The highest BCUT2D eigenvalue weighted by Crippen LogP contribution is 2.33. The number of aromatic nitrogens is 2. The average Bonchev–Trinajstić information content (AvgIpc) is 2.67. The highest BCUT2D eigenvalue weighted by molar-refractivity contribution is 6.30. The number of halogens is 1. The van der Waals surface area contributed by atoms with Crippen molar-refractivity contribution in [1.29, 1.82) is 0 Å². The van der Waals surface area contributed by atoms with Crippen LogP contribution in [-0.4, -0.2) is 47.6 Å². The molecular weight excluding hydrogens is 380 g/mol. The van der Waals surface area contributed by atoms with E-state index in [0.717, 1.165) is 25.2 Å². The van der Waals surface area contributed by atoms with Gasteiger partial charge in [0.25, 0.3) is 0 Å². The first-order chi connectivity index (χ1) is 13.5. The number of piperazine rings is 1. The summed E-state index contributed by atoms with van der Waals surface area (Å²) in [6, 6.07) is 7.72. The van der Waals surface area contributed by atoms with E-state index in [2.05, 4.69) is 34.0 Å². The second-order valence-electron chi connectivity index (χ2n) is 7.21. The molecule has 0 bridgehead atoms. The normalized spacial score (nSPS) is 14.4. The van der Waals surface area contributed by atoms with Crippen molar-refractivity contribution >= 4 is 34.6 Å². The first kappa shape index (κ1) is 20.1. The van der Waals surface area contributed by atoms with E-state index in [1.165, 1.54) is 6.33 Å². The van der Waals surface area contributed by atoms with Gasteiger partial charge in [0.1, 0.15) is 6.33 Å². The summed E-state index contributed by atoms with van der Waals surface area (Å²) in [6.07, 6.45) is 2.30. The molecule has 3 rings (SSSR count). The third kappa shape index (κ3) is 4.81. The van der Waals surface area contributed by atoms with E-state index in [4.69, 9.17) is 11.6 Å². The molecule has 0 saturated carbocycles. The number of anilines is 3. The van der Waals surface area contributed by atoms with Crippen LogP contribution in [0.4, 0.5) is 23.0 Å². The molecule has 0 spiro atoms. The van der Waals surface area contributed by atoms with E-state index >= 15 is 0 Å². The van der Waals surface area contributed by atoms with Gasteiger partial charge in [-0.15, -0.1) is 0 Å². The molecule has 28 heavy (non-hydrogen) atoms. The van der Waals surface area contributed by atoms with Crippen LogP contribution in [0.25, 0.3) is 0 Å². The highest BCUT2D eigenvalue weighted by atomic mass is 35.5. The van der Waals surface area contributed by atoms with Gasteiger partial charge < -0.3 is 15.1 Å². The molecule has 0 amide bonds. The van der Waals surface area contributed by atoms with Crippen LogP contribution in [0.3, 0.4) is 0 Å². The molecule has 1 aromatic carbocycles. The lowest BCUT2D eigenvalue weighted by Crippen LogP contribution is -2.47. The number of hydrogen-bond acceptors (Lipinski definition) is 7. The minimum atomic E-state index is -0.392. The molecule has 0 aliphatic carbocycles. The Morgan fingerprint density at radius 1 is 1.21 bits per heavy atom. The van der Waals surface area contributed by atoms with Crippen LogP contribution in [0.5, 0.6) is 0 Å². The first-order valence-corrected chi connectivity index (χ1v) is 9.82. The van der Waals surface area contributed by atoms with Crippen molar-refractivity contribution in [2.24, 2.45) is 5.92 Å². The largest absolute Gasteiger partial charge is 0.368 e. The summed E-state index contributed by atoms with van der Waals surface area (Å²) < 4.78 is 0. The molecule has 2 heterocycles. The topological polar surface area (TPSA) is 87.4 Å². The van der Waals surface area contributed by atoms with Gasteiger partial charge in [0.2, 0.25) is 11.6 Å². The number of nitrogens with one attached hydrogen (secondary N) is 1. The maximum Gasteiger partial charge on any atom is 0.353 e. The monoisotopic (exact) mass is 404 g/mol. The van der Waals surface area contributed by atoms with Crippen LogP contribution in [-0.2, 0) is 0 Å². The van der Waals surface area contributed by atoms with Gasteiger partial charge in [0.05, 0.1) is 4.92 Å². The molecule has 1 saturated heterocycles. The lowest BCUT2D eigenvalue weighted by molar-refractivity contribution is -0.383. The molecule has 0 atom stereocenters. The zero-order valence-corrected chi connectivity index (χ0v) is 16.9. The summed E-state index contributed by atoms with van der Waals surface area (Å²) in [4.78, 5) is 23.9. The molecule has 1 N–H and O–H groups in total. The standard InChI is InChI=1S/C19H25ClN6O2/c1-14(2)6-7-21-18-17(26(27)28)19(23-13-22-18)25-10-8-24(9-11-25)16-5-3-4-15(20)12-16/h3-5,12-14H,6-11H2,1-2H3,(H,21,22,23). The van der Waals surface area contributed by atoms with E-state index in [0.29, 0.717) is 36.4 Å². The Morgan fingerprint density at radius 3 is 2.57 bits per heavy atom. The molecule has 2 aromatic rings. The maximum absolute atomic E-state index is 11.7. The Bertz CT molecular complexity index is 824. The predicted molar refractivity (Wildman–Crippen MR) is 113 cm³/mol. The van der Waals surface area contributed by atoms with Crippen molar-refractivity contribution in [3.05, 3.63) is 45.7 Å². The molecule has 9 heteroatoms. The average molecular weight is 405 g/mol. The fourth-order valence-electron chi connectivity index (χ4n) is 3.23. The lowest BCUT2D eigenvalue weighted by Gasteiger charge is -2.36. The van der Waals surface area contributed by atoms with Crippen molar-refractivity contribution < 1.29 is 4.92 Å². The molecule has 1 aliphatic heterocycles. The third-order valence-corrected chi connectivity index (χ3v) is 4.99. The Kier molecular flexibility index (Phi) is 6.51. The minimum absolute atomic E-state index is 0.0533. The van der Waals surface area contributed by atoms with E-state index in [-0.39, 0.29) is 11.5 Å². The van der Waals surface area contributed by atoms with Crippen molar-refractivity contribution in [2.75, 3.05) is 47.8 Å². The van der Waals surface area contributed by atoms with Crippen LogP contribution < -0.4 is 15.1 Å².